The number of nitrogens with zero attached hydrogens (tertiary/aromatic N) is 9. The van der Waals surface area contributed by atoms with Gasteiger partial charge in [-0.2, -0.15) is 13.2 Å². The number of aromatic nitrogens is 8. The molecule has 262 valence electrons. The smallest absolute Gasteiger partial charge is 0.422 e. The van der Waals surface area contributed by atoms with E-state index in [1.165, 1.54) is 13.3 Å². The van der Waals surface area contributed by atoms with E-state index in [0.717, 1.165) is 31.5 Å². The van der Waals surface area contributed by atoms with Crippen molar-refractivity contribution in [2.45, 2.75) is 71.0 Å². The van der Waals surface area contributed by atoms with Gasteiger partial charge in [0.15, 0.2) is 6.61 Å². The lowest BCUT2D eigenvalue weighted by atomic mass is 9.60. The van der Waals surface area contributed by atoms with Gasteiger partial charge in [-0.3, -0.25) is 14.4 Å². The summed E-state index contributed by atoms with van der Waals surface area (Å²) in [5.41, 5.74) is 1.13. The summed E-state index contributed by atoms with van der Waals surface area (Å²) in [6.45, 7) is 8.27. The Kier molecular flexibility index (Phi) is 9.41. The molecule has 0 radical (unpaired) electrons. The van der Waals surface area contributed by atoms with Crippen molar-refractivity contribution in [1.82, 2.24) is 44.9 Å². The van der Waals surface area contributed by atoms with E-state index in [9.17, 15) is 18.0 Å². The molecule has 1 saturated heterocycles. The summed E-state index contributed by atoms with van der Waals surface area (Å²) >= 11 is 6.38. The van der Waals surface area contributed by atoms with Crippen LogP contribution in [0.3, 0.4) is 0 Å². The van der Waals surface area contributed by atoms with Crippen molar-refractivity contribution in [3.8, 4) is 22.8 Å². The fraction of sp³-hybridized carbons (Fsp3) is 0.516. The Bertz CT molecular complexity index is 1750. The van der Waals surface area contributed by atoms with E-state index >= 15 is 0 Å². The number of halogens is 4. The van der Waals surface area contributed by atoms with Crippen molar-refractivity contribution in [2.75, 3.05) is 31.6 Å². The van der Waals surface area contributed by atoms with Crippen LogP contribution in [-0.2, 0) is 16.1 Å². The topological polar surface area (TPSA) is 147 Å². The number of carbonyl (C=O) groups is 1. The van der Waals surface area contributed by atoms with Crippen molar-refractivity contribution in [1.29, 1.82) is 0 Å². The normalized spacial score (nSPS) is 16.9. The van der Waals surface area contributed by atoms with Gasteiger partial charge in [0.1, 0.15) is 29.5 Å². The average molecular weight is 705 g/mol. The molecule has 1 spiro atoms. The summed E-state index contributed by atoms with van der Waals surface area (Å²) in [5, 5.41) is 18.8. The van der Waals surface area contributed by atoms with Crippen molar-refractivity contribution in [3.63, 3.8) is 0 Å². The molecular weight excluding hydrogens is 669 g/mol. The van der Waals surface area contributed by atoms with Crippen LogP contribution in [0.2, 0.25) is 5.02 Å². The van der Waals surface area contributed by atoms with Crippen LogP contribution in [-0.4, -0.2) is 94.9 Å². The molecule has 1 aromatic carbocycles. The molecule has 1 atom stereocenters. The van der Waals surface area contributed by atoms with Crippen LogP contribution < -0.4 is 14.8 Å². The quantitative estimate of drug-likeness (QED) is 0.185. The van der Waals surface area contributed by atoms with Gasteiger partial charge in [0, 0.05) is 44.5 Å². The van der Waals surface area contributed by atoms with Gasteiger partial charge < -0.3 is 19.5 Å². The molecule has 49 heavy (non-hydrogen) atoms. The zero-order valence-corrected chi connectivity index (χ0v) is 28.1. The van der Waals surface area contributed by atoms with Gasteiger partial charge in [-0.05, 0) is 67.2 Å². The molecule has 2 fully saturated rings. The molecule has 0 bridgehead atoms. The molecule has 1 aliphatic carbocycles. The molecule has 14 nitrogen and oxygen atoms in total. The summed E-state index contributed by atoms with van der Waals surface area (Å²) in [6, 6.07) is 5.27. The molecule has 4 heterocycles. The highest BCUT2D eigenvalue weighted by Crippen LogP contribution is 2.54. The van der Waals surface area contributed by atoms with Gasteiger partial charge in [0.05, 0.1) is 23.8 Å². The second kappa shape index (κ2) is 13.4. The van der Waals surface area contributed by atoms with Crippen LogP contribution in [0.15, 0.2) is 43.1 Å². The molecular formula is C31H36ClF3N10O4. The first-order valence-corrected chi connectivity index (χ1v) is 16.0. The maximum absolute atomic E-state index is 13.1. The maximum atomic E-state index is 13.1. The summed E-state index contributed by atoms with van der Waals surface area (Å²) in [4.78, 5) is 22.4. The molecule has 18 heteroatoms. The van der Waals surface area contributed by atoms with Gasteiger partial charge in [-0.15, -0.1) is 10.2 Å². The zero-order chi connectivity index (χ0) is 35.0. The Morgan fingerprint density at radius 3 is 2.55 bits per heavy atom. The van der Waals surface area contributed by atoms with Gasteiger partial charge in [0.2, 0.25) is 5.95 Å². The van der Waals surface area contributed by atoms with E-state index < -0.39 is 18.4 Å². The number of hydrogen-bond donors (Lipinski definition) is 1. The minimum Gasteiger partial charge on any atom is -0.487 e. The third-order valence-corrected chi connectivity index (χ3v) is 8.56. The Morgan fingerprint density at radius 2 is 1.90 bits per heavy atom. The van der Waals surface area contributed by atoms with Crippen LogP contribution in [0.25, 0.3) is 11.1 Å². The van der Waals surface area contributed by atoms with E-state index in [-0.39, 0.29) is 41.0 Å². The van der Waals surface area contributed by atoms with E-state index in [1.54, 1.807) is 46.2 Å². The molecule has 0 amide bonds. The average Bonchev–Trinajstić information content (AvgIpc) is 3.63. The second-order valence-corrected chi connectivity index (χ2v) is 13.7. The van der Waals surface area contributed by atoms with E-state index in [2.05, 4.69) is 40.8 Å². The Labute approximate surface area is 284 Å². The van der Waals surface area contributed by atoms with Crippen LogP contribution in [0.5, 0.6) is 11.6 Å². The van der Waals surface area contributed by atoms with Gasteiger partial charge in [0.25, 0.3) is 5.88 Å². The van der Waals surface area contributed by atoms with Crippen molar-refractivity contribution < 1.29 is 32.2 Å². The van der Waals surface area contributed by atoms with Crippen molar-refractivity contribution >= 4 is 29.2 Å². The number of benzene rings is 1. The number of nitrogens with one attached hydrogen (secondary N) is 1. The Balaban J connectivity index is 1.10. The first-order valence-electron chi connectivity index (χ1n) is 15.6. The monoisotopic (exact) mass is 704 g/mol. The molecule has 4 aromatic rings. The lowest BCUT2D eigenvalue weighted by molar-refractivity contribution is -0.162. The molecule has 2 aliphatic rings. The maximum Gasteiger partial charge on any atom is 0.422 e. The Hall–Kier alpha value is -4.51. The number of tetrazole rings is 1. The van der Waals surface area contributed by atoms with Gasteiger partial charge in [-0.25, -0.2) is 14.6 Å². The lowest BCUT2D eigenvalue weighted by Crippen LogP contribution is -2.64. The number of alkyl halides is 3. The number of anilines is 2. The van der Waals surface area contributed by atoms with E-state index in [4.69, 9.17) is 25.8 Å². The summed E-state index contributed by atoms with van der Waals surface area (Å²) in [5.74, 6) is 0.0944. The summed E-state index contributed by atoms with van der Waals surface area (Å²) < 4.78 is 58.9. The summed E-state index contributed by atoms with van der Waals surface area (Å²) in [6.07, 6.45) is 3.07. The minimum atomic E-state index is -4.54. The predicted octanol–water partition coefficient (Wildman–Crippen LogP) is 5.11. The van der Waals surface area contributed by atoms with Gasteiger partial charge >= 0.3 is 12.1 Å². The fourth-order valence-corrected chi connectivity index (χ4v) is 6.64. The van der Waals surface area contributed by atoms with E-state index in [1.807, 2.05) is 20.8 Å². The number of ether oxygens (including phenoxy) is 3. The third-order valence-electron chi connectivity index (χ3n) is 8.25. The molecule has 6 rings (SSSR count). The first kappa shape index (κ1) is 34.4. The third kappa shape index (κ3) is 8.57. The fourth-order valence-electron chi connectivity index (χ4n) is 6.48. The van der Waals surface area contributed by atoms with Crippen LogP contribution >= 0.6 is 11.6 Å². The molecule has 1 N–H and O–H groups in total. The van der Waals surface area contributed by atoms with Crippen molar-refractivity contribution in [2.24, 2.45) is 5.41 Å². The second-order valence-electron chi connectivity index (χ2n) is 13.3. The Morgan fingerprint density at radius 1 is 1.16 bits per heavy atom. The standard InChI is InChI=1S/C31H36ClF3N10O4/c1-19(12-44-18-38-41-42-44)48-26-7-21(5-6-24(26)32)22-10-36-28(37-11-22)39-25-13-45(40-27(25)47-17-31(33,34)35)23-8-30(9-23)15-43(16-30)14-29(3,4)49-20(2)46/h5-7,10-11,13,18-19,23H,8-9,12,14-17H2,1-4H3,(H,36,37,39). The lowest BCUT2D eigenvalue weighted by Gasteiger charge is -2.60. The number of esters is 1. The van der Waals surface area contributed by atoms with Crippen LogP contribution in [0, 0.1) is 5.41 Å². The predicted molar refractivity (Wildman–Crippen MR) is 170 cm³/mol. The van der Waals surface area contributed by atoms with E-state index in [0.29, 0.717) is 29.4 Å². The molecule has 1 saturated carbocycles. The molecule has 1 unspecified atom stereocenters. The zero-order valence-electron chi connectivity index (χ0n) is 27.3. The molecule has 3 aromatic heterocycles. The SMILES string of the molecule is CC(=O)OC(C)(C)CN1CC2(CC(n3cc(Nc4ncc(-c5ccc(Cl)c(OC(C)Cn6cnnn6)c5)cn4)c(OCC(F)(F)F)n3)C2)C1. The number of rotatable bonds is 13. The number of hydrogen-bond acceptors (Lipinski definition) is 12. The minimum absolute atomic E-state index is 0.00683. The first-order chi connectivity index (χ1) is 23.1. The van der Waals surface area contributed by atoms with Crippen molar-refractivity contribution in [3.05, 3.63) is 48.1 Å². The largest absolute Gasteiger partial charge is 0.487 e. The summed E-state index contributed by atoms with van der Waals surface area (Å²) in [7, 11) is 0. The van der Waals surface area contributed by atoms with Crippen LogP contribution in [0.4, 0.5) is 24.8 Å². The highest BCUT2D eigenvalue weighted by Gasteiger charge is 2.54. The highest BCUT2D eigenvalue weighted by molar-refractivity contribution is 6.32. The number of likely N-dealkylation sites (tertiary alicyclic amines) is 1. The van der Waals surface area contributed by atoms with Gasteiger partial charge in [-0.1, -0.05) is 17.7 Å². The molecule has 1 aliphatic heterocycles. The number of carbonyl (C=O) groups excluding carboxylic acids is 1. The van der Waals surface area contributed by atoms with Crippen LogP contribution in [0.1, 0.15) is 46.6 Å². The highest BCUT2D eigenvalue weighted by atomic mass is 35.5.